The van der Waals surface area contributed by atoms with E-state index >= 15 is 0 Å². The molecule has 0 aromatic heterocycles. The molecule has 0 aliphatic carbocycles. The summed E-state index contributed by atoms with van der Waals surface area (Å²) in [5, 5.41) is 23.9. The fraction of sp³-hybridized carbons (Fsp3) is 0.778. The van der Waals surface area contributed by atoms with Crippen LogP contribution in [0.2, 0.25) is 0 Å². The maximum Gasteiger partial charge on any atom is 0.432 e. The van der Waals surface area contributed by atoms with Crippen LogP contribution in [-0.2, 0) is 4.74 Å². The fourth-order valence-corrected chi connectivity index (χ4v) is 0.444. The van der Waals surface area contributed by atoms with E-state index in [4.69, 9.17) is 14.8 Å². The summed E-state index contributed by atoms with van der Waals surface area (Å²) in [7, 11) is -0.750. The lowest BCUT2D eigenvalue weighted by atomic mass is 9.89. The molecule has 0 rings (SSSR count). The lowest BCUT2D eigenvalue weighted by Gasteiger charge is -2.36. The number of rotatable bonds is 4. The van der Waals surface area contributed by atoms with Crippen molar-refractivity contribution in [3.63, 3.8) is 0 Å². The van der Waals surface area contributed by atoms with Gasteiger partial charge in [-0.05, 0) is 27.7 Å². The summed E-state index contributed by atoms with van der Waals surface area (Å²) < 4.78 is 5.38. The van der Waals surface area contributed by atoms with Crippen molar-refractivity contribution in [2.45, 2.75) is 38.9 Å². The molecule has 0 aliphatic heterocycles. The van der Waals surface area contributed by atoms with Gasteiger partial charge < -0.3 is 19.9 Å². The van der Waals surface area contributed by atoms with Gasteiger partial charge in [0.15, 0.2) is 0 Å². The van der Waals surface area contributed by atoms with E-state index in [1.54, 1.807) is 19.9 Å². The summed E-state index contributed by atoms with van der Waals surface area (Å²) in [6.45, 7) is 11.2. The Balaban J connectivity index is 0. The zero-order chi connectivity index (χ0) is 11.8. The highest BCUT2D eigenvalue weighted by Gasteiger charge is 2.35. The average molecular weight is 204 g/mol. The van der Waals surface area contributed by atoms with E-state index in [9.17, 15) is 5.11 Å². The normalized spacial score (nSPS) is 11.4. The van der Waals surface area contributed by atoms with Crippen molar-refractivity contribution in [1.82, 2.24) is 0 Å². The quantitative estimate of drug-likeness (QED) is 0.444. The van der Waals surface area contributed by atoms with Gasteiger partial charge in [0.1, 0.15) is 0 Å². The second-order valence-electron chi connectivity index (χ2n) is 3.81. The van der Waals surface area contributed by atoms with E-state index in [1.807, 2.05) is 13.8 Å². The van der Waals surface area contributed by atoms with Crippen LogP contribution in [0.25, 0.3) is 0 Å². The highest BCUT2D eigenvalue weighted by molar-refractivity contribution is 6.13. The predicted molar refractivity (Wildman–Crippen MR) is 58.1 cm³/mol. The molecule has 3 N–H and O–H groups in total. The molecule has 14 heavy (non-hydrogen) atoms. The Labute approximate surface area is 86.5 Å². The lowest BCUT2D eigenvalue weighted by molar-refractivity contribution is -0.139. The second kappa shape index (κ2) is 7.01. The molecule has 0 radical (unpaired) electrons. The average Bonchev–Trinajstić information content (AvgIpc) is 2.00. The van der Waals surface area contributed by atoms with Crippen LogP contribution in [0.1, 0.15) is 27.7 Å². The Morgan fingerprint density at radius 1 is 1.29 bits per heavy atom. The highest BCUT2D eigenvalue weighted by atomic mass is 16.5. The van der Waals surface area contributed by atoms with Gasteiger partial charge in [-0.25, -0.2) is 0 Å². The molecule has 4 nitrogen and oxygen atoms in total. The topological polar surface area (TPSA) is 69.9 Å². The van der Waals surface area contributed by atoms with E-state index < -0.39 is 18.9 Å². The summed E-state index contributed by atoms with van der Waals surface area (Å²) in [6, 6.07) is 0. The molecule has 0 spiro atoms. The first-order valence-corrected chi connectivity index (χ1v) is 4.42. The minimum atomic E-state index is -0.823. The van der Waals surface area contributed by atoms with Crippen molar-refractivity contribution in [3.05, 3.63) is 12.7 Å². The maximum atomic E-state index is 9.61. The standard InChI is InChI=1S/C9H18O2.BH3O2/c1-6-7-11-9(4,5)8(2,3)10;2-1-3/h6,10H,1,7H2,2-5H3;1-3H. The Morgan fingerprint density at radius 3 is 1.86 bits per heavy atom. The van der Waals surface area contributed by atoms with E-state index in [2.05, 4.69) is 6.58 Å². The second-order valence-corrected chi connectivity index (χ2v) is 3.81. The van der Waals surface area contributed by atoms with Gasteiger partial charge in [-0.3, -0.25) is 0 Å². The number of hydrogen-bond acceptors (Lipinski definition) is 4. The van der Waals surface area contributed by atoms with Crippen LogP contribution in [0.3, 0.4) is 0 Å². The molecule has 0 bridgehead atoms. The van der Waals surface area contributed by atoms with Crippen LogP contribution < -0.4 is 0 Å². The summed E-state index contributed by atoms with van der Waals surface area (Å²) in [5.74, 6) is 0. The van der Waals surface area contributed by atoms with Crippen LogP contribution in [0, 0.1) is 0 Å². The minimum absolute atomic E-state index is 0.469. The Kier molecular flexibility index (Phi) is 8.05. The molecule has 0 aromatic carbocycles. The Hall–Kier alpha value is -0.355. The van der Waals surface area contributed by atoms with Gasteiger partial charge in [-0.15, -0.1) is 6.58 Å². The zero-order valence-electron chi connectivity index (χ0n) is 9.45. The number of aliphatic hydroxyl groups is 1. The number of hydrogen-bond donors (Lipinski definition) is 3. The predicted octanol–water partition coefficient (Wildman–Crippen LogP) is -0.0240. The van der Waals surface area contributed by atoms with E-state index in [1.165, 1.54) is 0 Å². The van der Waals surface area contributed by atoms with Gasteiger partial charge >= 0.3 is 7.69 Å². The monoisotopic (exact) mass is 204 g/mol. The third-order valence-electron chi connectivity index (χ3n) is 2.04. The molecule has 0 aromatic rings. The van der Waals surface area contributed by atoms with Crippen molar-refractivity contribution in [2.75, 3.05) is 6.61 Å². The first kappa shape index (κ1) is 16.1. The van der Waals surface area contributed by atoms with E-state index in [-0.39, 0.29) is 0 Å². The van der Waals surface area contributed by atoms with Crippen LogP contribution >= 0.6 is 0 Å². The van der Waals surface area contributed by atoms with Gasteiger partial charge in [0.2, 0.25) is 0 Å². The maximum absolute atomic E-state index is 9.61. The molecule has 0 fully saturated rings. The van der Waals surface area contributed by atoms with Gasteiger partial charge in [0, 0.05) is 0 Å². The first-order chi connectivity index (χ1) is 6.22. The molecule has 0 amide bonds. The molecule has 0 unspecified atom stereocenters. The van der Waals surface area contributed by atoms with Gasteiger partial charge in [-0.2, -0.15) is 0 Å². The summed E-state index contributed by atoms with van der Waals surface area (Å²) in [6.07, 6.45) is 1.67. The lowest BCUT2D eigenvalue weighted by Crippen LogP contribution is -2.47. The van der Waals surface area contributed by atoms with Gasteiger partial charge in [0.05, 0.1) is 17.8 Å². The van der Waals surface area contributed by atoms with Crippen LogP contribution in [-0.4, -0.2) is 40.6 Å². The summed E-state index contributed by atoms with van der Waals surface area (Å²) in [5.41, 5.74) is -1.35. The van der Waals surface area contributed by atoms with Crippen molar-refractivity contribution in [3.8, 4) is 0 Å². The van der Waals surface area contributed by atoms with Crippen molar-refractivity contribution in [1.29, 1.82) is 0 Å². The largest absolute Gasteiger partial charge is 0.432 e. The third kappa shape index (κ3) is 7.09. The van der Waals surface area contributed by atoms with Crippen molar-refractivity contribution >= 4 is 7.69 Å². The first-order valence-electron chi connectivity index (χ1n) is 4.42. The highest BCUT2D eigenvalue weighted by Crippen LogP contribution is 2.24. The third-order valence-corrected chi connectivity index (χ3v) is 2.04. The molecule has 5 heteroatoms. The van der Waals surface area contributed by atoms with E-state index in [0.717, 1.165) is 0 Å². The molecule has 0 atom stereocenters. The zero-order valence-corrected chi connectivity index (χ0v) is 9.45. The Morgan fingerprint density at radius 2 is 1.64 bits per heavy atom. The molecule has 84 valence electrons. The summed E-state index contributed by atoms with van der Waals surface area (Å²) >= 11 is 0. The van der Waals surface area contributed by atoms with Crippen LogP contribution in [0.15, 0.2) is 12.7 Å². The molecule has 0 saturated carbocycles. The van der Waals surface area contributed by atoms with Gasteiger partial charge in [0.25, 0.3) is 0 Å². The van der Waals surface area contributed by atoms with E-state index in [0.29, 0.717) is 6.61 Å². The van der Waals surface area contributed by atoms with Crippen molar-refractivity contribution < 1.29 is 19.9 Å². The van der Waals surface area contributed by atoms with Gasteiger partial charge in [-0.1, -0.05) is 6.08 Å². The Bertz CT molecular complexity index is 151. The molecule has 0 aliphatic rings. The number of ether oxygens (including phenoxy) is 1. The molecular formula is C9H21BO4. The molecule has 0 heterocycles. The SMILES string of the molecule is C=CCOC(C)(C)C(C)(C)O.OBO. The van der Waals surface area contributed by atoms with Crippen molar-refractivity contribution in [2.24, 2.45) is 0 Å². The van der Waals surface area contributed by atoms with Crippen LogP contribution in [0.5, 0.6) is 0 Å². The summed E-state index contributed by atoms with van der Waals surface area (Å²) in [4.78, 5) is 0. The molecule has 0 saturated heterocycles. The smallest absolute Gasteiger partial charge is 0.430 e. The van der Waals surface area contributed by atoms with Crippen LogP contribution in [0.4, 0.5) is 0 Å². The minimum Gasteiger partial charge on any atom is -0.430 e. The molecular weight excluding hydrogens is 183 g/mol. The fourth-order valence-electron chi connectivity index (χ4n) is 0.444.